The summed E-state index contributed by atoms with van der Waals surface area (Å²) in [5.41, 5.74) is 1.74. The van der Waals surface area contributed by atoms with Gasteiger partial charge in [0.25, 0.3) is 0 Å². The van der Waals surface area contributed by atoms with E-state index in [1.54, 1.807) is 11.3 Å². The van der Waals surface area contributed by atoms with E-state index in [1.165, 1.54) is 19.3 Å². The van der Waals surface area contributed by atoms with Crippen LogP contribution in [0.5, 0.6) is 5.75 Å². The summed E-state index contributed by atoms with van der Waals surface area (Å²) in [6, 6.07) is 15.5. The molecular formula is C38H47NO6S. The first-order valence-corrected chi connectivity index (χ1v) is 18.4. The normalized spacial score (nSPS) is 26.7. The van der Waals surface area contributed by atoms with Gasteiger partial charge in [-0.2, -0.15) is 0 Å². The number of hydrogen-bond acceptors (Lipinski definition) is 8. The minimum absolute atomic E-state index is 0.0320. The van der Waals surface area contributed by atoms with Crippen molar-refractivity contribution in [2.24, 2.45) is 23.7 Å². The molecule has 3 aliphatic carbocycles. The van der Waals surface area contributed by atoms with Crippen LogP contribution < -0.4 is 4.74 Å². The molecule has 6 rings (SSSR count). The fourth-order valence-electron chi connectivity index (χ4n) is 7.44. The Bertz CT molecular complexity index is 1440. The van der Waals surface area contributed by atoms with Gasteiger partial charge in [0.1, 0.15) is 23.0 Å². The Morgan fingerprint density at radius 3 is 1.85 bits per heavy atom. The summed E-state index contributed by atoms with van der Waals surface area (Å²) in [5.74, 6) is 0.544. The fraction of sp³-hybridized carbons (Fsp3) is 0.579. The van der Waals surface area contributed by atoms with Crippen LogP contribution in [0.15, 0.2) is 48.5 Å². The first kappa shape index (κ1) is 32.7. The SMILES string of the molecule is CCCCC1CCC(C(=O)OC2CCC(C(=O)OC3CCC(C(=O)Oc4ccccc4-c4nc5ccccc5s4)CC3)CC2)CC1. The molecule has 0 radical (unpaired) electrons. The van der Waals surface area contributed by atoms with Gasteiger partial charge < -0.3 is 14.2 Å². The van der Waals surface area contributed by atoms with Gasteiger partial charge in [-0.15, -0.1) is 11.3 Å². The number of unbranched alkanes of at least 4 members (excludes halogenated alkanes) is 1. The van der Waals surface area contributed by atoms with Crippen molar-refractivity contribution in [2.75, 3.05) is 0 Å². The lowest BCUT2D eigenvalue weighted by molar-refractivity contribution is -0.162. The van der Waals surface area contributed by atoms with Crippen molar-refractivity contribution in [1.82, 2.24) is 4.98 Å². The van der Waals surface area contributed by atoms with Crippen LogP contribution in [0.2, 0.25) is 0 Å². The molecule has 3 aromatic rings. The molecule has 0 aliphatic heterocycles. The Hall–Kier alpha value is -3.26. The summed E-state index contributed by atoms with van der Waals surface area (Å²) in [6.07, 6.45) is 13.1. The average Bonchev–Trinajstić information content (AvgIpc) is 3.53. The molecule has 0 spiro atoms. The lowest BCUT2D eigenvalue weighted by atomic mass is 9.80. The zero-order chi connectivity index (χ0) is 31.9. The predicted octanol–water partition coefficient (Wildman–Crippen LogP) is 9.07. The highest BCUT2D eigenvalue weighted by Gasteiger charge is 2.35. The Labute approximate surface area is 276 Å². The number of thiazole rings is 1. The maximum absolute atomic E-state index is 13.2. The van der Waals surface area contributed by atoms with Crippen molar-refractivity contribution >= 4 is 39.5 Å². The van der Waals surface area contributed by atoms with Gasteiger partial charge in [-0.1, -0.05) is 50.5 Å². The average molecular weight is 646 g/mol. The highest BCUT2D eigenvalue weighted by molar-refractivity contribution is 7.21. The number of hydrogen-bond donors (Lipinski definition) is 0. The van der Waals surface area contributed by atoms with E-state index in [0.717, 1.165) is 52.4 Å². The molecule has 3 aliphatic rings. The third kappa shape index (κ3) is 8.17. The molecule has 8 heteroatoms. The number of carbonyl (C=O) groups is 3. The van der Waals surface area contributed by atoms with E-state index >= 15 is 0 Å². The molecule has 3 saturated carbocycles. The Morgan fingerprint density at radius 1 is 0.696 bits per heavy atom. The summed E-state index contributed by atoms with van der Waals surface area (Å²) >= 11 is 1.58. The maximum Gasteiger partial charge on any atom is 0.314 e. The lowest BCUT2D eigenvalue weighted by Gasteiger charge is -2.32. The molecule has 2 aromatic carbocycles. The van der Waals surface area contributed by atoms with E-state index < -0.39 is 0 Å². The van der Waals surface area contributed by atoms with Crippen molar-refractivity contribution in [2.45, 2.75) is 115 Å². The molecule has 0 bridgehead atoms. The molecule has 1 heterocycles. The number of aromatic nitrogens is 1. The van der Waals surface area contributed by atoms with Crippen LogP contribution in [-0.2, 0) is 23.9 Å². The molecule has 0 saturated heterocycles. The molecule has 0 N–H and O–H groups in total. The van der Waals surface area contributed by atoms with Gasteiger partial charge in [0.2, 0.25) is 0 Å². The first-order chi connectivity index (χ1) is 22.5. The molecule has 0 amide bonds. The van der Waals surface area contributed by atoms with E-state index in [9.17, 15) is 14.4 Å². The van der Waals surface area contributed by atoms with Crippen LogP contribution in [0.3, 0.4) is 0 Å². The van der Waals surface area contributed by atoms with Gasteiger partial charge in [-0.25, -0.2) is 4.98 Å². The molecule has 246 valence electrons. The second-order valence-electron chi connectivity index (χ2n) is 13.6. The van der Waals surface area contributed by atoms with E-state index in [0.29, 0.717) is 57.1 Å². The van der Waals surface area contributed by atoms with Crippen LogP contribution >= 0.6 is 11.3 Å². The Balaban J connectivity index is 0.911. The van der Waals surface area contributed by atoms with Crippen molar-refractivity contribution < 1.29 is 28.6 Å². The molecule has 7 nitrogen and oxygen atoms in total. The van der Waals surface area contributed by atoms with Gasteiger partial charge in [0.15, 0.2) is 0 Å². The third-order valence-electron chi connectivity index (χ3n) is 10.3. The monoisotopic (exact) mass is 645 g/mol. The standard InChI is InChI=1S/C38H47NO6S/c1-2-3-8-25-13-15-26(16-14-25)36(40)43-29-21-17-27(18-22-29)37(41)44-30-23-19-28(20-24-30)38(42)45-33-11-6-4-9-31(33)35-39-32-10-5-7-12-34(32)46-35/h4-7,9-12,25-30H,2-3,8,13-24H2,1H3. The summed E-state index contributed by atoms with van der Waals surface area (Å²) in [7, 11) is 0. The van der Waals surface area contributed by atoms with Gasteiger partial charge in [-0.3, -0.25) is 14.4 Å². The van der Waals surface area contributed by atoms with Gasteiger partial charge in [-0.05, 0) is 107 Å². The van der Waals surface area contributed by atoms with Crippen LogP contribution in [0, 0.1) is 23.7 Å². The number of esters is 3. The van der Waals surface area contributed by atoms with Crippen molar-refractivity contribution in [1.29, 1.82) is 0 Å². The molecular weight excluding hydrogens is 598 g/mol. The van der Waals surface area contributed by atoms with Crippen LogP contribution in [0.4, 0.5) is 0 Å². The van der Waals surface area contributed by atoms with E-state index in [1.807, 2.05) is 48.5 Å². The number of ether oxygens (including phenoxy) is 3. The molecule has 0 atom stereocenters. The lowest BCUT2D eigenvalue weighted by Crippen LogP contribution is -2.34. The zero-order valence-electron chi connectivity index (χ0n) is 27.0. The smallest absolute Gasteiger partial charge is 0.314 e. The van der Waals surface area contributed by atoms with Crippen molar-refractivity contribution in [3.63, 3.8) is 0 Å². The topological polar surface area (TPSA) is 91.8 Å². The summed E-state index contributed by atoms with van der Waals surface area (Å²) in [5, 5.41) is 0.826. The molecule has 46 heavy (non-hydrogen) atoms. The first-order valence-electron chi connectivity index (χ1n) is 17.5. The number of rotatable bonds is 10. The largest absolute Gasteiger partial charge is 0.462 e. The molecule has 3 fully saturated rings. The number of fused-ring (bicyclic) bond motifs is 1. The van der Waals surface area contributed by atoms with Crippen molar-refractivity contribution in [3.8, 4) is 16.3 Å². The van der Waals surface area contributed by atoms with Gasteiger partial charge >= 0.3 is 17.9 Å². The van der Waals surface area contributed by atoms with Crippen LogP contribution in [0.1, 0.15) is 103 Å². The second-order valence-corrected chi connectivity index (χ2v) is 14.6. The zero-order valence-corrected chi connectivity index (χ0v) is 27.8. The number of para-hydroxylation sites is 2. The van der Waals surface area contributed by atoms with Crippen LogP contribution in [0.25, 0.3) is 20.8 Å². The summed E-state index contributed by atoms with van der Waals surface area (Å²) in [4.78, 5) is 43.7. The van der Waals surface area contributed by atoms with Gasteiger partial charge in [0.05, 0.1) is 33.5 Å². The highest BCUT2D eigenvalue weighted by atomic mass is 32.1. The van der Waals surface area contributed by atoms with Crippen molar-refractivity contribution in [3.05, 3.63) is 48.5 Å². The number of benzene rings is 2. The second kappa shape index (κ2) is 15.6. The van der Waals surface area contributed by atoms with E-state index in [4.69, 9.17) is 19.2 Å². The highest BCUT2D eigenvalue weighted by Crippen LogP contribution is 2.38. The fourth-order valence-corrected chi connectivity index (χ4v) is 8.44. The predicted molar refractivity (Wildman–Crippen MR) is 179 cm³/mol. The minimum Gasteiger partial charge on any atom is -0.462 e. The summed E-state index contributed by atoms with van der Waals surface area (Å²) in [6.45, 7) is 2.23. The number of nitrogens with zero attached hydrogens (tertiary/aromatic N) is 1. The van der Waals surface area contributed by atoms with E-state index in [2.05, 4.69) is 6.92 Å². The molecule has 0 unspecified atom stereocenters. The Morgan fingerprint density at radius 2 is 1.24 bits per heavy atom. The Kier molecular flexibility index (Phi) is 11.0. The van der Waals surface area contributed by atoms with Crippen LogP contribution in [-0.4, -0.2) is 35.1 Å². The van der Waals surface area contributed by atoms with Gasteiger partial charge in [0, 0.05) is 0 Å². The number of carbonyl (C=O) groups excluding carboxylic acids is 3. The maximum atomic E-state index is 13.2. The quantitative estimate of drug-likeness (QED) is 0.160. The minimum atomic E-state index is -0.240. The third-order valence-corrected chi connectivity index (χ3v) is 11.4. The van der Waals surface area contributed by atoms with E-state index in [-0.39, 0.29) is 47.9 Å². The summed E-state index contributed by atoms with van der Waals surface area (Å²) < 4.78 is 18.9. The molecule has 1 aromatic heterocycles.